The number of carbonyl (C=O) groups excluding carboxylic acids is 1. The highest BCUT2D eigenvalue weighted by Gasteiger charge is 2.38. The average molecular weight is 350 g/mol. The van der Waals surface area contributed by atoms with Crippen LogP contribution in [0.4, 0.5) is 0 Å². The quantitative estimate of drug-likeness (QED) is 0.706. The molecule has 1 amide bonds. The van der Waals surface area contributed by atoms with Gasteiger partial charge in [0.2, 0.25) is 5.91 Å². The SMILES string of the molecule is CC(C)CN(C1CCN(C)CC1)C1CN(C(=O)CCC2CCCC2)C1. The molecule has 4 nitrogen and oxygen atoms in total. The van der Waals surface area contributed by atoms with Crippen molar-refractivity contribution in [2.75, 3.05) is 39.8 Å². The van der Waals surface area contributed by atoms with E-state index in [2.05, 4.69) is 35.6 Å². The van der Waals surface area contributed by atoms with Crippen LogP contribution in [-0.4, -0.2) is 72.5 Å². The van der Waals surface area contributed by atoms with Crippen LogP contribution >= 0.6 is 0 Å². The van der Waals surface area contributed by atoms with E-state index in [1.54, 1.807) is 0 Å². The van der Waals surface area contributed by atoms with Crippen LogP contribution < -0.4 is 0 Å². The number of hydrogen-bond acceptors (Lipinski definition) is 3. The Morgan fingerprint density at radius 2 is 1.68 bits per heavy atom. The summed E-state index contributed by atoms with van der Waals surface area (Å²) < 4.78 is 0. The lowest BCUT2D eigenvalue weighted by Gasteiger charge is -2.50. The zero-order chi connectivity index (χ0) is 17.8. The van der Waals surface area contributed by atoms with E-state index in [0.717, 1.165) is 37.9 Å². The van der Waals surface area contributed by atoms with E-state index in [1.165, 1.54) is 58.2 Å². The van der Waals surface area contributed by atoms with Gasteiger partial charge in [0.15, 0.2) is 0 Å². The van der Waals surface area contributed by atoms with Crippen LogP contribution in [0, 0.1) is 11.8 Å². The van der Waals surface area contributed by atoms with Gasteiger partial charge in [-0.1, -0.05) is 39.5 Å². The second-order valence-corrected chi connectivity index (χ2v) is 9.27. The van der Waals surface area contributed by atoms with Crippen molar-refractivity contribution in [2.45, 2.75) is 77.3 Å². The standard InChI is InChI=1S/C21H39N3O/c1-17(2)14-24(19-10-12-22(3)13-11-19)20-15-23(16-20)21(25)9-8-18-6-4-5-7-18/h17-20H,4-16H2,1-3H3. The molecule has 3 fully saturated rings. The summed E-state index contributed by atoms with van der Waals surface area (Å²) in [6.45, 7) is 10.2. The van der Waals surface area contributed by atoms with E-state index in [-0.39, 0.29) is 0 Å². The van der Waals surface area contributed by atoms with Gasteiger partial charge in [-0.3, -0.25) is 9.69 Å². The molecule has 1 saturated carbocycles. The van der Waals surface area contributed by atoms with Crippen molar-refractivity contribution in [1.29, 1.82) is 0 Å². The first-order chi connectivity index (χ1) is 12.0. The van der Waals surface area contributed by atoms with Crippen LogP contribution in [-0.2, 0) is 4.79 Å². The normalized spacial score (nSPS) is 24.4. The maximum absolute atomic E-state index is 12.5. The third kappa shape index (κ3) is 5.19. The topological polar surface area (TPSA) is 26.8 Å². The van der Waals surface area contributed by atoms with Crippen LogP contribution in [0.5, 0.6) is 0 Å². The van der Waals surface area contributed by atoms with Crippen molar-refractivity contribution in [2.24, 2.45) is 11.8 Å². The second kappa shape index (κ2) is 8.85. The highest BCUT2D eigenvalue weighted by molar-refractivity contribution is 5.77. The molecular formula is C21H39N3O. The third-order valence-electron chi connectivity index (χ3n) is 6.66. The van der Waals surface area contributed by atoms with Gasteiger partial charge in [-0.15, -0.1) is 0 Å². The largest absolute Gasteiger partial charge is 0.339 e. The molecule has 0 aromatic rings. The minimum atomic E-state index is 0.413. The van der Waals surface area contributed by atoms with Crippen LogP contribution in [0.2, 0.25) is 0 Å². The van der Waals surface area contributed by atoms with Gasteiger partial charge >= 0.3 is 0 Å². The van der Waals surface area contributed by atoms with Crippen LogP contribution in [0.1, 0.15) is 65.2 Å². The number of rotatable bonds is 7. The highest BCUT2D eigenvalue weighted by Crippen LogP contribution is 2.30. The van der Waals surface area contributed by atoms with Crippen molar-refractivity contribution in [3.05, 3.63) is 0 Å². The van der Waals surface area contributed by atoms with E-state index in [9.17, 15) is 4.79 Å². The maximum Gasteiger partial charge on any atom is 0.222 e. The van der Waals surface area contributed by atoms with Crippen LogP contribution in [0.3, 0.4) is 0 Å². The molecule has 0 aromatic heterocycles. The summed E-state index contributed by atoms with van der Waals surface area (Å²) in [4.78, 5) is 19.8. The van der Waals surface area contributed by atoms with E-state index >= 15 is 0 Å². The Bertz CT molecular complexity index is 419. The van der Waals surface area contributed by atoms with Gasteiger partial charge in [0, 0.05) is 38.1 Å². The smallest absolute Gasteiger partial charge is 0.222 e. The average Bonchev–Trinajstić information content (AvgIpc) is 3.04. The Morgan fingerprint density at radius 3 is 2.28 bits per heavy atom. The minimum Gasteiger partial charge on any atom is -0.339 e. The van der Waals surface area contributed by atoms with Gasteiger partial charge in [-0.25, -0.2) is 0 Å². The lowest BCUT2D eigenvalue weighted by Crippen LogP contribution is -2.64. The number of amides is 1. The van der Waals surface area contributed by atoms with E-state index < -0.39 is 0 Å². The summed E-state index contributed by atoms with van der Waals surface area (Å²) >= 11 is 0. The van der Waals surface area contributed by atoms with Crippen molar-refractivity contribution in [3.8, 4) is 0 Å². The number of nitrogens with zero attached hydrogens (tertiary/aromatic N) is 3. The Morgan fingerprint density at radius 1 is 1.04 bits per heavy atom. The second-order valence-electron chi connectivity index (χ2n) is 9.27. The summed E-state index contributed by atoms with van der Waals surface area (Å²) in [6, 6.07) is 1.32. The van der Waals surface area contributed by atoms with Crippen LogP contribution in [0.15, 0.2) is 0 Å². The molecule has 0 radical (unpaired) electrons. The predicted octanol–water partition coefficient (Wildman–Crippen LogP) is 3.22. The predicted molar refractivity (Wildman–Crippen MR) is 104 cm³/mol. The van der Waals surface area contributed by atoms with Gasteiger partial charge < -0.3 is 9.80 Å². The lowest BCUT2D eigenvalue weighted by molar-refractivity contribution is -0.140. The Kier molecular flexibility index (Phi) is 6.79. The highest BCUT2D eigenvalue weighted by atomic mass is 16.2. The van der Waals surface area contributed by atoms with Crippen molar-refractivity contribution in [1.82, 2.24) is 14.7 Å². The van der Waals surface area contributed by atoms with Gasteiger partial charge in [0.25, 0.3) is 0 Å². The molecule has 144 valence electrons. The maximum atomic E-state index is 12.5. The molecule has 0 aromatic carbocycles. The number of carbonyl (C=O) groups is 1. The molecule has 0 unspecified atom stereocenters. The summed E-state index contributed by atoms with van der Waals surface area (Å²) in [5.74, 6) is 1.94. The zero-order valence-electron chi connectivity index (χ0n) is 16.8. The summed E-state index contributed by atoms with van der Waals surface area (Å²) in [7, 11) is 2.23. The fraction of sp³-hybridized carbons (Fsp3) is 0.952. The Balaban J connectivity index is 1.44. The molecule has 25 heavy (non-hydrogen) atoms. The summed E-state index contributed by atoms with van der Waals surface area (Å²) in [6.07, 6.45) is 9.96. The van der Waals surface area contributed by atoms with Crippen molar-refractivity contribution in [3.63, 3.8) is 0 Å². The molecule has 0 spiro atoms. The monoisotopic (exact) mass is 349 g/mol. The summed E-state index contributed by atoms with van der Waals surface area (Å²) in [5, 5.41) is 0. The molecule has 3 rings (SSSR count). The fourth-order valence-corrected chi connectivity index (χ4v) is 5.00. The third-order valence-corrected chi connectivity index (χ3v) is 6.66. The molecule has 4 heteroatoms. The van der Waals surface area contributed by atoms with Crippen molar-refractivity contribution >= 4 is 5.91 Å². The first kappa shape index (κ1) is 19.2. The number of piperidine rings is 1. The molecule has 0 N–H and O–H groups in total. The zero-order valence-corrected chi connectivity index (χ0v) is 16.8. The van der Waals surface area contributed by atoms with Crippen LogP contribution in [0.25, 0.3) is 0 Å². The Hall–Kier alpha value is -0.610. The first-order valence-electron chi connectivity index (χ1n) is 10.7. The van der Waals surface area contributed by atoms with E-state index in [0.29, 0.717) is 17.9 Å². The van der Waals surface area contributed by atoms with Gasteiger partial charge in [0.1, 0.15) is 0 Å². The molecule has 0 bridgehead atoms. The molecular weight excluding hydrogens is 310 g/mol. The molecule has 2 heterocycles. The molecule has 2 saturated heterocycles. The molecule has 3 aliphatic rings. The van der Waals surface area contributed by atoms with E-state index in [1.807, 2.05) is 0 Å². The van der Waals surface area contributed by atoms with Crippen molar-refractivity contribution < 1.29 is 4.79 Å². The van der Waals surface area contributed by atoms with Gasteiger partial charge in [-0.05, 0) is 51.2 Å². The first-order valence-corrected chi connectivity index (χ1v) is 10.7. The van der Waals surface area contributed by atoms with Gasteiger partial charge in [-0.2, -0.15) is 0 Å². The fourth-order valence-electron chi connectivity index (χ4n) is 5.00. The lowest BCUT2D eigenvalue weighted by atomic mass is 9.95. The minimum absolute atomic E-state index is 0.413. The summed E-state index contributed by atoms with van der Waals surface area (Å²) in [5.41, 5.74) is 0. The number of hydrogen-bond donors (Lipinski definition) is 0. The molecule has 2 aliphatic heterocycles. The van der Waals surface area contributed by atoms with Gasteiger partial charge in [0.05, 0.1) is 0 Å². The Labute approximate surface area is 154 Å². The van der Waals surface area contributed by atoms with E-state index in [4.69, 9.17) is 0 Å². The molecule has 1 aliphatic carbocycles. The molecule has 0 atom stereocenters. The number of likely N-dealkylation sites (tertiary alicyclic amines) is 2.